The van der Waals surface area contributed by atoms with Crippen molar-refractivity contribution in [1.82, 2.24) is 0 Å². The van der Waals surface area contributed by atoms with Crippen LogP contribution in [0.5, 0.6) is 0 Å². The Kier molecular flexibility index (Phi) is 4.37. The third-order valence-corrected chi connectivity index (χ3v) is 5.78. The van der Waals surface area contributed by atoms with Gasteiger partial charge in [0.2, 0.25) is 0 Å². The summed E-state index contributed by atoms with van der Waals surface area (Å²) >= 11 is 9.99. The number of rotatable bonds is 3. The summed E-state index contributed by atoms with van der Waals surface area (Å²) < 4.78 is 1.26. The highest BCUT2D eigenvalue weighted by Gasteiger charge is 2.25. The van der Waals surface area contributed by atoms with Gasteiger partial charge in [0, 0.05) is 16.0 Å². The molecule has 1 heterocycles. The maximum Gasteiger partial charge on any atom is 0.293 e. The van der Waals surface area contributed by atoms with Crippen LogP contribution in [0.2, 0.25) is 5.02 Å². The molecule has 2 aromatic rings. The van der Waals surface area contributed by atoms with Gasteiger partial charge in [0.05, 0.1) is 13.8 Å². The van der Waals surface area contributed by atoms with E-state index in [-0.39, 0.29) is 11.7 Å². The van der Waals surface area contributed by atoms with Gasteiger partial charge < -0.3 is 5.32 Å². The number of hydrogen-bond donors (Lipinski definition) is 1. The number of anilines is 1. The molecule has 1 aliphatic carbocycles. The highest BCUT2D eigenvalue weighted by Crippen LogP contribution is 2.39. The number of aryl methyl sites for hydroxylation is 1. The standard InChI is InChI=1S/C14H12ClIN2O2S/c15-8-4-5-11(12(6-8)18(19)20)17-10-2-1-3-13-9(10)7-14(16)21-13/h4-7,10,17H,1-3H2. The lowest BCUT2D eigenvalue weighted by Gasteiger charge is -2.24. The summed E-state index contributed by atoms with van der Waals surface area (Å²) in [4.78, 5) is 12.2. The zero-order valence-electron chi connectivity index (χ0n) is 10.9. The molecule has 0 bridgehead atoms. The number of nitrogens with zero attached hydrogens (tertiary/aromatic N) is 1. The Morgan fingerprint density at radius 1 is 1.43 bits per heavy atom. The lowest BCUT2D eigenvalue weighted by Crippen LogP contribution is -2.16. The van der Waals surface area contributed by atoms with E-state index in [0.717, 1.165) is 19.3 Å². The minimum absolute atomic E-state index is 0.0274. The van der Waals surface area contributed by atoms with Crippen molar-refractivity contribution in [3.05, 3.63) is 52.7 Å². The summed E-state index contributed by atoms with van der Waals surface area (Å²) in [7, 11) is 0. The quantitative estimate of drug-likeness (QED) is 0.399. The maximum atomic E-state index is 11.2. The molecule has 110 valence electrons. The molecule has 0 fully saturated rings. The molecule has 4 nitrogen and oxygen atoms in total. The molecule has 1 aliphatic rings. The van der Waals surface area contributed by atoms with Crippen molar-refractivity contribution in [2.75, 3.05) is 5.32 Å². The third kappa shape index (κ3) is 3.17. The molecule has 3 rings (SSSR count). The Morgan fingerprint density at radius 2 is 2.24 bits per heavy atom. The van der Waals surface area contributed by atoms with Gasteiger partial charge in [-0.3, -0.25) is 10.1 Å². The summed E-state index contributed by atoms with van der Waals surface area (Å²) in [6, 6.07) is 7.07. The van der Waals surface area contributed by atoms with Crippen LogP contribution < -0.4 is 5.32 Å². The Labute approximate surface area is 144 Å². The Hall–Kier alpha value is -0.860. The van der Waals surface area contributed by atoms with Gasteiger partial charge >= 0.3 is 0 Å². The molecule has 0 amide bonds. The monoisotopic (exact) mass is 434 g/mol. The van der Waals surface area contributed by atoms with Crippen LogP contribution in [0.1, 0.15) is 29.3 Å². The second kappa shape index (κ2) is 6.10. The van der Waals surface area contributed by atoms with Crippen LogP contribution in [0.25, 0.3) is 0 Å². The molecular formula is C14H12ClIN2O2S. The number of nitrogens with one attached hydrogen (secondary N) is 1. The molecule has 0 radical (unpaired) electrons. The van der Waals surface area contributed by atoms with Gasteiger partial charge in [0.1, 0.15) is 5.69 Å². The van der Waals surface area contributed by atoms with Crippen LogP contribution in [0.15, 0.2) is 24.3 Å². The van der Waals surface area contributed by atoms with Gasteiger partial charge in [-0.1, -0.05) is 11.6 Å². The van der Waals surface area contributed by atoms with Crippen molar-refractivity contribution >= 4 is 56.9 Å². The number of nitro groups is 1. The van der Waals surface area contributed by atoms with Crippen LogP contribution in [0.4, 0.5) is 11.4 Å². The minimum Gasteiger partial charge on any atom is -0.373 e. The first-order valence-corrected chi connectivity index (χ1v) is 8.80. The molecule has 1 aromatic heterocycles. The molecule has 0 saturated carbocycles. The SMILES string of the molecule is O=[N+]([O-])c1cc(Cl)ccc1NC1CCCc2sc(I)cc21. The lowest BCUT2D eigenvalue weighted by atomic mass is 9.94. The van der Waals surface area contributed by atoms with Crippen molar-refractivity contribution in [2.24, 2.45) is 0 Å². The van der Waals surface area contributed by atoms with E-state index in [0.29, 0.717) is 10.7 Å². The summed E-state index contributed by atoms with van der Waals surface area (Å²) in [5.41, 5.74) is 1.84. The number of benzene rings is 1. The van der Waals surface area contributed by atoms with E-state index in [1.54, 1.807) is 12.1 Å². The number of fused-ring (bicyclic) bond motifs is 1. The fraction of sp³-hybridized carbons (Fsp3) is 0.286. The van der Waals surface area contributed by atoms with Crippen molar-refractivity contribution in [2.45, 2.75) is 25.3 Å². The summed E-state index contributed by atoms with van der Waals surface area (Å²) in [5, 5.41) is 14.9. The summed E-state index contributed by atoms with van der Waals surface area (Å²) in [6.45, 7) is 0. The van der Waals surface area contributed by atoms with Gasteiger partial charge in [-0.05, 0) is 65.6 Å². The highest BCUT2D eigenvalue weighted by atomic mass is 127. The molecule has 1 unspecified atom stereocenters. The molecule has 0 aliphatic heterocycles. The maximum absolute atomic E-state index is 11.2. The minimum atomic E-state index is -0.394. The first-order valence-electron chi connectivity index (χ1n) is 6.53. The average Bonchev–Trinajstić information content (AvgIpc) is 2.82. The van der Waals surface area contributed by atoms with Crippen molar-refractivity contribution in [1.29, 1.82) is 0 Å². The molecule has 7 heteroatoms. The number of thiophene rings is 1. The van der Waals surface area contributed by atoms with Crippen LogP contribution >= 0.6 is 45.5 Å². The van der Waals surface area contributed by atoms with E-state index >= 15 is 0 Å². The molecule has 0 spiro atoms. The van der Waals surface area contributed by atoms with Gasteiger partial charge in [-0.15, -0.1) is 11.3 Å². The van der Waals surface area contributed by atoms with Crippen molar-refractivity contribution in [3.63, 3.8) is 0 Å². The second-order valence-corrected chi connectivity index (χ2v) is 8.40. The molecule has 1 aromatic carbocycles. The molecular weight excluding hydrogens is 423 g/mol. The van der Waals surface area contributed by atoms with Gasteiger partial charge in [-0.25, -0.2) is 0 Å². The van der Waals surface area contributed by atoms with Crippen molar-refractivity contribution < 1.29 is 4.92 Å². The van der Waals surface area contributed by atoms with Gasteiger partial charge in [0.15, 0.2) is 0 Å². The molecule has 1 atom stereocenters. The van der Waals surface area contributed by atoms with Gasteiger partial charge in [-0.2, -0.15) is 0 Å². The lowest BCUT2D eigenvalue weighted by molar-refractivity contribution is -0.384. The number of nitro benzene ring substituents is 1. The predicted octanol–water partition coefficient (Wildman–Crippen LogP) is 5.40. The van der Waals surface area contributed by atoms with Crippen molar-refractivity contribution in [3.8, 4) is 0 Å². The number of halogens is 2. The Bertz CT molecular complexity index is 704. The smallest absolute Gasteiger partial charge is 0.293 e. The second-order valence-electron chi connectivity index (χ2n) is 4.94. The van der Waals surface area contributed by atoms with Gasteiger partial charge in [0.25, 0.3) is 5.69 Å². The fourth-order valence-corrected chi connectivity index (χ4v) is 4.92. The summed E-state index contributed by atoms with van der Waals surface area (Å²) in [5.74, 6) is 0. The Morgan fingerprint density at radius 3 is 3.00 bits per heavy atom. The zero-order chi connectivity index (χ0) is 15.0. The topological polar surface area (TPSA) is 55.2 Å². The van der Waals surface area contributed by atoms with E-state index in [9.17, 15) is 10.1 Å². The van der Waals surface area contributed by atoms with Crippen LogP contribution in [-0.2, 0) is 6.42 Å². The zero-order valence-corrected chi connectivity index (χ0v) is 14.7. The summed E-state index contributed by atoms with van der Waals surface area (Å²) in [6.07, 6.45) is 3.19. The molecule has 1 N–H and O–H groups in total. The highest BCUT2D eigenvalue weighted by molar-refractivity contribution is 14.1. The van der Waals surface area contributed by atoms with Crippen LogP contribution in [-0.4, -0.2) is 4.92 Å². The fourth-order valence-electron chi connectivity index (χ4n) is 2.64. The largest absolute Gasteiger partial charge is 0.373 e. The van der Waals surface area contributed by atoms with E-state index in [4.69, 9.17) is 11.6 Å². The normalized spacial score (nSPS) is 17.3. The van der Waals surface area contributed by atoms with E-state index in [1.807, 2.05) is 11.3 Å². The number of hydrogen-bond acceptors (Lipinski definition) is 4. The molecule has 21 heavy (non-hydrogen) atoms. The third-order valence-electron chi connectivity index (χ3n) is 3.57. The van der Waals surface area contributed by atoms with E-state index in [2.05, 4.69) is 34.0 Å². The van der Waals surface area contributed by atoms with Crippen LogP contribution in [0.3, 0.4) is 0 Å². The predicted molar refractivity (Wildman–Crippen MR) is 94.4 cm³/mol. The Balaban J connectivity index is 1.93. The first-order chi connectivity index (χ1) is 10.0. The average molecular weight is 435 g/mol. The molecule has 0 saturated heterocycles. The van der Waals surface area contributed by atoms with E-state index in [1.165, 1.54) is 19.4 Å². The van der Waals surface area contributed by atoms with E-state index < -0.39 is 4.92 Å². The first kappa shape index (κ1) is 15.1. The van der Waals surface area contributed by atoms with Crippen LogP contribution in [0, 0.1) is 13.0 Å².